The van der Waals surface area contributed by atoms with Crippen molar-refractivity contribution in [3.05, 3.63) is 59.2 Å². The summed E-state index contributed by atoms with van der Waals surface area (Å²) < 4.78 is 51.3. The third-order valence-electron chi connectivity index (χ3n) is 2.77. The van der Waals surface area contributed by atoms with Crippen LogP contribution in [0.2, 0.25) is 0 Å². The van der Waals surface area contributed by atoms with Crippen LogP contribution >= 0.6 is 0 Å². The minimum Gasteiger partial charge on any atom is -0.543 e. The number of carboxylic acids is 1. The average Bonchev–Trinajstić information content (AvgIpc) is 2.46. The summed E-state index contributed by atoms with van der Waals surface area (Å²) in [4.78, 5) is 25.8. The summed E-state index contributed by atoms with van der Waals surface area (Å²) in [7, 11) is 0. The first kappa shape index (κ1) is 16.4. The van der Waals surface area contributed by atoms with Crippen LogP contribution in [0.5, 0.6) is 0 Å². The Morgan fingerprint density at radius 1 is 1.13 bits per heavy atom. The maximum Gasteiger partial charge on any atom is 0.416 e. The van der Waals surface area contributed by atoms with Gasteiger partial charge in [0, 0.05) is 0 Å². The Kier molecular flexibility index (Phi) is 4.30. The van der Waals surface area contributed by atoms with Gasteiger partial charge < -0.3 is 15.2 Å². The summed E-state index contributed by atoms with van der Waals surface area (Å²) >= 11 is 0. The van der Waals surface area contributed by atoms with Crippen LogP contribution in [0.3, 0.4) is 0 Å². The number of halogens is 4. The summed E-state index contributed by atoms with van der Waals surface area (Å²) in [5.41, 5.74) is -2.39. The van der Waals surface area contributed by atoms with Gasteiger partial charge in [-0.05, 0) is 30.3 Å². The van der Waals surface area contributed by atoms with Gasteiger partial charge in [-0.15, -0.1) is 0 Å². The predicted octanol–water partition coefficient (Wildman–Crippen LogP) is 1.86. The van der Waals surface area contributed by atoms with Gasteiger partial charge in [0.25, 0.3) is 5.91 Å². The number of aromatic nitrogens is 1. The fourth-order valence-electron chi connectivity index (χ4n) is 1.66. The Balaban J connectivity index is 2.25. The number of carboxylic acid groups (broad SMARTS) is 1. The molecule has 0 unspecified atom stereocenters. The Morgan fingerprint density at radius 3 is 2.35 bits per heavy atom. The first-order valence-corrected chi connectivity index (χ1v) is 6.04. The number of aromatic carboxylic acids is 1. The lowest BCUT2D eigenvalue weighted by molar-refractivity contribution is -0.255. The lowest BCUT2D eigenvalue weighted by Crippen LogP contribution is -2.23. The number of hydrogen-bond donors (Lipinski definition) is 1. The molecule has 0 bridgehead atoms. The molecular weight excluding hydrogens is 320 g/mol. The number of alkyl halides is 3. The molecule has 5 nitrogen and oxygen atoms in total. The minimum absolute atomic E-state index is 0.0168. The Labute approximate surface area is 126 Å². The minimum atomic E-state index is -4.72. The highest BCUT2D eigenvalue weighted by molar-refractivity contribution is 6.04. The maximum absolute atomic E-state index is 13.6. The normalized spacial score (nSPS) is 11.1. The van der Waals surface area contributed by atoms with Gasteiger partial charge in [0.15, 0.2) is 0 Å². The Morgan fingerprint density at radius 2 is 1.83 bits per heavy atom. The van der Waals surface area contributed by atoms with Gasteiger partial charge in [-0.25, -0.2) is 4.39 Å². The molecule has 2 aromatic rings. The zero-order valence-corrected chi connectivity index (χ0v) is 11.1. The quantitative estimate of drug-likeness (QED) is 0.872. The van der Waals surface area contributed by atoms with Crippen LogP contribution in [-0.4, -0.2) is 16.9 Å². The number of pyridine rings is 1. The molecule has 120 valence electrons. The van der Waals surface area contributed by atoms with E-state index in [1.807, 2.05) is 0 Å². The highest BCUT2D eigenvalue weighted by Crippen LogP contribution is 2.30. The number of amides is 1. The zero-order chi connectivity index (χ0) is 17.2. The van der Waals surface area contributed by atoms with E-state index >= 15 is 0 Å². The molecule has 1 N–H and O–H groups in total. The van der Waals surface area contributed by atoms with E-state index in [2.05, 4.69) is 10.3 Å². The van der Waals surface area contributed by atoms with E-state index in [9.17, 15) is 32.3 Å². The van der Waals surface area contributed by atoms with Gasteiger partial charge in [0.2, 0.25) is 0 Å². The standard InChI is InChI=1S/C14H8F4N2O3/c15-10-3-1-7(14(16,17)18)5-9(10)12(21)20-8-2-4-11(13(22)23)19-6-8/h1-6H,(H,20,21)(H,22,23)/p-1. The summed E-state index contributed by atoms with van der Waals surface area (Å²) in [5.74, 6) is -3.79. The van der Waals surface area contributed by atoms with Crippen molar-refractivity contribution < 1.29 is 32.3 Å². The van der Waals surface area contributed by atoms with Gasteiger partial charge in [-0.3, -0.25) is 9.78 Å². The van der Waals surface area contributed by atoms with Gasteiger partial charge in [0.1, 0.15) is 5.82 Å². The van der Waals surface area contributed by atoms with Gasteiger partial charge in [0.05, 0.1) is 34.7 Å². The summed E-state index contributed by atoms with van der Waals surface area (Å²) in [5, 5.41) is 12.6. The first-order valence-electron chi connectivity index (χ1n) is 6.04. The zero-order valence-electron chi connectivity index (χ0n) is 11.1. The molecule has 1 heterocycles. The van der Waals surface area contributed by atoms with Crippen LogP contribution in [0.4, 0.5) is 23.2 Å². The highest BCUT2D eigenvalue weighted by atomic mass is 19.4. The molecule has 0 saturated heterocycles. The van der Waals surface area contributed by atoms with E-state index < -0.39 is 40.7 Å². The molecule has 0 saturated carbocycles. The second kappa shape index (κ2) is 6.03. The molecule has 0 aliphatic rings. The average molecular weight is 327 g/mol. The molecule has 23 heavy (non-hydrogen) atoms. The molecule has 0 aliphatic heterocycles. The fraction of sp³-hybridized carbons (Fsp3) is 0.0714. The fourth-order valence-corrected chi connectivity index (χ4v) is 1.66. The van der Waals surface area contributed by atoms with Crippen molar-refractivity contribution in [1.29, 1.82) is 0 Å². The van der Waals surface area contributed by atoms with Crippen LogP contribution in [-0.2, 0) is 6.18 Å². The summed E-state index contributed by atoms with van der Waals surface area (Å²) in [6.45, 7) is 0. The molecule has 1 aromatic carbocycles. The second-order valence-electron chi connectivity index (χ2n) is 4.37. The number of benzene rings is 1. The molecule has 1 aromatic heterocycles. The number of hydrogen-bond acceptors (Lipinski definition) is 4. The second-order valence-corrected chi connectivity index (χ2v) is 4.37. The van der Waals surface area contributed by atoms with Crippen LogP contribution in [0.1, 0.15) is 26.4 Å². The SMILES string of the molecule is O=C([O-])c1ccc(NC(=O)c2cc(C(F)(F)F)ccc2F)cn1. The van der Waals surface area contributed by atoms with Gasteiger partial charge in [-0.1, -0.05) is 0 Å². The maximum atomic E-state index is 13.6. The largest absolute Gasteiger partial charge is 0.543 e. The van der Waals surface area contributed by atoms with Gasteiger partial charge in [-0.2, -0.15) is 13.2 Å². The molecule has 0 aliphatic carbocycles. The van der Waals surface area contributed by atoms with Gasteiger partial charge >= 0.3 is 6.18 Å². The van der Waals surface area contributed by atoms with Crippen molar-refractivity contribution in [1.82, 2.24) is 4.98 Å². The third kappa shape index (κ3) is 3.82. The smallest absolute Gasteiger partial charge is 0.416 e. The lowest BCUT2D eigenvalue weighted by Gasteiger charge is -2.10. The van der Waals surface area contributed by atoms with Crippen molar-refractivity contribution in [3.63, 3.8) is 0 Å². The van der Waals surface area contributed by atoms with E-state index in [1.165, 1.54) is 0 Å². The Bertz CT molecular complexity index is 758. The lowest BCUT2D eigenvalue weighted by atomic mass is 10.1. The van der Waals surface area contributed by atoms with E-state index in [-0.39, 0.29) is 5.69 Å². The molecule has 0 atom stereocenters. The van der Waals surface area contributed by atoms with E-state index in [1.54, 1.807) is 0 Å². The number of nitrogens with one attached hydrogen (secondary N) is 1. The van der Waals surface area contributed by atoms with Crippen molar-refractivity contribution in [2.24, 2.45) is 0 Å². The molecule has 1 amide bonds. The molecule has 0 radical (unpaired) electrons. The van der Waals surface area contributed by atoms with Crippen molar-refractivity contribution in [3.8, 4) is 0 Å². The van der Waals surface area contributed by atoms with Crippen LogP contribution in [0, 0.1) is 5.82 Å². The van der Waals surface area contributed by atoms with Crippen molar-refractivity contribution >= 4 is 17.6 Å². The first-order chi connectivity index (χ1) is 10.7. The third-order valence-corrected chi connectivity index (χ3v) is 2.77. The van der Waals surface area contributed by atoms with E-state index in [0.717, 1.165) is 18.3 Å². The topological polar surface area (TPSA) is 82.1 Å². The number of rotatable bonds is 3. The summed E-state index contributed by atoms with van der Waals surface area (Å²) in [6.07, 6.45) is -3.77. The number of carbonyl (C=O) groups excluding carboxylic acids is 2. The van der Waals surface area contributed by atoms with Crippen molar-refractivity contribution in [2.45, 2.75) is 6.18 Å². The molecule has 9 heteroatoms. The monoisotopic (exact) mass is 327 g/mol. The molecule has 0 fully saturated rings. The molecule has 2 rings (SSSR count). The molecular formula is C14H7F4N2O3-. The number of anilines is 1. The van der Waals surface area contributed by atoms with E-state index in [0.29, 0.717) is 18.2 Å². The molecule has 0 spiro atoms. The Hall–Kier alpha value is -2.97. The van der Waals surface area contributed by atoms with E-state index in [4.69, 9.17) is 0 Å². The van der Waals surface area contributed by atoms with Crippen molar-refractivity contribution in [2.75, 3.05) is 5.32 Å². The highest BCUT2D eigenvalue weighted by Gasteiger charge is 2.31. The number of carbonyl (C=O) groups is 2. The summed E-state index contributed by atoms with van der Waals surface area (Å²) in [6, 6.07) is 3.60. The van der Waals surface area contributed by atoms with Crippen LogP contribution < -0.4 is 10.4 Å². The van der Waals surface area contributed by atoms with Crippen LogP contribution in [0.25, 0.3) is 0 Å². The predicted molar refractivity (Wildman–Crippen MR) is 67.9 cm³/mol. The van der Waals surface area contributed by atoms with Crippen LogP contribution in [0.15, 0.2) is 36.5 Å². The number of nitrogens with zero attached hydrogens (tertiary/aromatic N) is 1.